The predicted octanol–water partition coefficient (Wildman–Crippen LogP) is 1.73. The Labute approximate surface area is 106 Å². The van der Waals surface area contributed by atoms with Gasteiger partial charge in [0.15, 0.2) is 0 Å². The lowest BCUT2D eigenvalue weighted by Crippen LogP contribution is -2.52. The van der Waals surface area contributed by atoms with Crippen molar-refractivity contribution in [1.29, 1.82) is 0 Å². The molecule has 2 aliphatic rings. The van der Waals surface area contributed by atoms with Crippen molar-refractivity contribution in [3.05, 3.63) is 0 Å². The van der Waals surface area contributed by atoms with E-state index in [1.165, 1.54) is 25.9 Å². The third-order valence-electron chi connectivity index (χ3n) is 4.16. The van der Waals surface area contributed by atoms with Gasteiger partial charge in [0.25, 0.3) is 0 Å². The first-order chi connectivity index (χ1) is 8.11. The molecule has 3 nitrogen and oxygen atoms in total. The monoisotopic (exact) mass is 240 g/mol. The molecule has 100 valence electrons. The molecule has 1 N–H and O–H groups in total. The molecule has 17 heavy (non-hydrogen) atoms. The molecule has 1 unspecified atom stereocenters. The fraction of sp³-hybridized carbons (Fsp3) is 1.00. The van der Waals surface area contributed by atoms with Crippen LogP contribution in [0.25, 0.3) is 0 Å². The van der Waals surface area contributed by atoms with Gasteiger partial charge in [-0.2, -0.15) is 0 Å². The van der Waals surface area contributed by atoms with Gasteiger partial charge in [0.05, 0.1) is 13.2 Å². The van der Waals surface area contributed by atoms with Crippen LogP contribution in [0, 0.1) is 11.3 Å². The third kappa shape index (κ3) is 3.43. The predicted molar refractivity (Wildman–Crippen MR) is 71.2 cm³/mol. The zero-order valence-electron chi connectivity index (χ0n) is 11.7. The molecule has 0 aromatic carbocycles. The molecule has 3 heteroatoms. The molecule has 2 heterocycles. The number of nitrogens with one attached hydrogen (secondary N) is 1. The molecule has 0 amide bonds. The number of piperazine rings is 1. The summed E-state index contributed by atoms with van der Waals surface area (Å²) in [5.74, 6) is 0.786. The molecule has 0 aliphatic carbocycles. The number of ether oxygens (including phenoxy) is 1. The van der Waals surface area contributed by atoms with Crippen LogP contribution in [-0.4, -0.2) is 50.3 Å². The van der Waals surface area contributed by atoms with Crippen molar-refractivity contribution >= 4 is 0 Å². The Bertz CT molecular complexity index is 232. The van der Waals surface area contributed by atoms with E-state index in [-0.39, 0.29) is 0 Å². The summed E-state index contributed by atoms with van der Waals surface area (Å²) in [6, 6.07) is 0.708. The highest BCUT2D eigenvalue weighted by molar-refractivity contribution is 4.90. The Morgan fingerprint density at radius 3 is 2.24 bits per heavy atom. The number of nitrogens with zero attached hydrogens (tertiary/aromatic N) is 1. The van der Waals surface area contributed by atoms with E-state index in [2.05, 4.69) is 31.0 Å². The van der Waals surface area contributed by atoms with Gasteiger partial charge >= 0.3 is 0 Å². The lowest BCUT2D eigenvalue weighted by Gasteiger charge is -2.46. The highest BCUT2D eigenvalue weighted by Crippen LogP contribution is 2.39. The van der Waals surface area contributed by atoms with E-state index in [0.29, 0.717) is 11.5 Å². The van der Waals surface area contributed by atoms with E-state index in [1.807, 2.05) is 0 Å². The van der Waals surface area contributed by atoms with E-state index < -0.39 is 0 Å². The van der Waals surface area contributed by atoms with Crippen molar-refractivity contribution in [3.8, 4) is 0 Å². The maximum Gasteiger partial charge on any atom is 0.0545 e. The highest BCUT2D eigenvalue weighted by atomic mass is 16.5. The fourth-order valence-corrected chi connectivity index (χ4v) is 3.45. The largest absolute Gasteiger partial charge is 0.380 e. The summed E-state index contributed by atoms with van der Waals surface area (Å²) >= 11 is 0. The Balaban J connectivity index is 1.84. The first-order valence-electron chi connectivity index (χ1n) is 7.14. The van der Waals surface area contributed by atoms with Gasteiger partial charge in [0, 0.05) is 37.6 Å². The van der Waals surface area contributed by atoms with E-state index >= 15 is 0 Å². The van der Waals surface area contributed by atoms with Gasteiger partial charge in [0.1, 0.15) is 0 Å². The van der Waals surface area contributed by atoms with Gasteiger partial charge in [-0.15, -0.1) is 0 Å². The van der Waals surface area contributed by atoms with Gasteiger partial charge < -0.3 is 10.1 Å². The van der Waals surface area contributed by atoms with E-state index in [4.69, 9.17) is 4.74 Å². The van der Waals surface area contributed by atoms with Gasteiger partial charge in [-0.05, 0) is 25.7 Å². The molecular formula is C14H28N2O. The standard InChI is InChI=1S/C14H28N2O/c1-12(2)8-14(10-17-11-14)9-13(3)16-6-4-15-5-7-16/h12-13,15H,4-11H2,1-3H3. The van der Waals surface area contributed by atoms with Crippen LogP contribution in [0.5, 0.6) is 0 Å². The molecule has 0 aromatic rings. The third-order valence-corrected chi connectivity index (χ3v) is 4.16. The molecule has 0 radical (unpaired) electrons. The van der Waals surface area contributed by atoms with Crippen molar-refractivity contribution in [2.75, 3.05) is 39.4 Å². The Morgan fingerprint density at radius 2 is 1.76 bits per heavy atom. The van der Waals surface area contributed by atoms with Gasteiger partial charge in [-0.25, -0.2) is 0 Å². The Kier molecular flexibility index (Phi) is 4.45. The SMILES string of the molecule is CC(C)CC1(CC(C)N2CCNCC2)COC1. The summed E-state index contributed by atoms with van der Waals surface area (Å²) in [5, 5.41) is 3.43. The second-order valence-electron chi connectivity index (χ2n) is 6.43. The Morgan fingerprint density at radius 1 is 1.12 bits per heavy atom. The molecule has 0 bridgehead atoms. The topological polar surface area (TPSA) is 24.5 Å². The molecule has 0 aromatic heterocycles. The van der Waals surface area contributed by atoms with Crippen molar-refractivity contribution in [2.45, 2.75) is 39.7 Å². The van der Waals surface area contributed by atoms with Gasteiger partial charge in [-0.3, -0.25) is 4.90 Å². The lowest BCUT2D eigenvalue weighted by atomic mass is 9.73. The van der Waals surface area contributed by atoms with Crippen LogP contribution in [0.15, 0.2) is 0 Å². The average molecular weight is 240 g/mol. The minimum Gasteiger partial charge on any atom is -0.380 e. The number of hydrogen-bond acceptors (Lipinski definition) is 3. The van der Waals surface area contributed by atoms with E-state index in [1.54, 1.807) is 0 Å². The second kappa shape index (κ2) is 5.68. The van der Waals surface area contributed by atoms with Crippen LogP contribution in [0.3, 0.4) is 0 Å². The smallest absolute Gasteiger partial charge is 0.0545 e. The van der Waals surface area contributed by atoms with E-state index in [0.717, 1.165) is 32.2 Å². The van der Waals surface area contributed by atoms with Gasteiger partial charge in [-0.1, -0.05) is 13.8 Å². The molecule has 2 rings (SSSR count). The number of rotatable bonds is 5. The van der Waals surface area contributed by atoms with Gasteiger partial charge in [0.2, 0.25) is 0 Å². The normalized spacial score (nSPS) is 26.8. The molecule has 0 spiro atoms. The van der Waals surface area contributed by atoms with Crippen molar-refractivity contribution in [2.24, 2.45) is 11.3 Å². The summed E-state index contributed by atoms with van der Waals surface area (Å²) in [5.41, 5.74) is 0.485. The molecule has 2 aliphatic heterocycles. The first kappa shape index (κ1) is 13.3. The average Bonchev–Trinajstić information content (AvgIpc) is 2.26. The molecule has 1 atom stereocenters. The molecular weight excluding hydrogens is 212 g/mol. The van der Waals surface area contributed by atoms with Crippen LogP contribution in [0.4, 0.5) is 0 Å². The fourth-order valence-electron chi connectivity index (χ4n) is 3.45. The summed E-state index contributed by atoms with van der Waals surface area (Å²) in [7, 11) is 0. The Hall–Kier alpha value is -0.120. The van der Waals surface area contributed by atoms with Crippen LogP contribution < -0.4 is 5.32 Å². The maximum absolute atomic E-state index is 5.50. The van der Waals surface area contributed by atoms with Crippen LogP contribution in [0.1, 0.15) is 33.6 Å². The van der Waals surface area contributed by atoms with Crippen LogP contribution in [-0.2, 0) is 4.74 Å². The summed E-state index contributed by atoms with van der Waals surface area (Å²) in [4.78, 5) is 2.64. The van der Waals surface area contributed by atoms with E-state index in [9.17, 15) is 0 Å². The first-order valence-corrected chi connectivity index (χ1v) is 7.14. The van der Waals surface area contributed by atoms with Crippen molar-refractivity contribution in [3.63, 3.8) is 0 Å². The minimum atomic E-state index is 0.485. The lowest BCUT2D eigenvalue weighted by molar-refractivity contribution is -0.136. The number of hydrogen-bond donors (Lipinski definition) is 1. The van der Waals surface area contributed by atoms with Crippen LogP contribution >= 0.6 is 0 Å². The zero-order valence-corrected chi connectivity index (χ0v) is 11.7. The van der Waals surface area contributed by atoms with Crippen molar-refractivity contribution < 1.29 is 4.74 Å². The second-order valence-corrected chi connectivity index (χ2v) is 6.43. The molecule has 2 saturated heterocycles. The summed E-state index contributed by atoms with van der Waals surface area (Å²) in [6.45, 7) is 13.7. The van der Waals surface area contributed by atoms with Crippen LogP contribution in [0.2, 0.25) is 0 Å². The summed E-state index contributed by atoms with van der Waals surface area (Å²) in [6.07, 6.45) is 2.63. The minimum absolute atomic E-state index is 0.485. The summed E-state index contributed by atoms with van der Waals surface area (Å²) < 4.78 is 5.50. The zero-order chi connectivity index (χ0) is 12.3. The quantitative estimate of drug-likeness (QED) is 0.792. The molecule has 0 saturated carbocycles. The van der Waals surface area contributed by atoms with Crippen molar-refractivity contribution in [1.82, 2.24) is 10.2 Å². The molecule has 2 fully saturated rings. The highest BCUT2D eigenvalue weighted by Gasteiger charge is 2.40. The maximum atomic E-state index is 5.50.